The zero-order chi connectivity index (χ0) is 13.8. The molecule has 0 aliphatic carbocycles. The van der Waals surface area contributed by atoms with Crippen molar-refractivity contribution in [2.24, 2.45) is 0 Å². The number of nitrogens with one attached hydrogen (secondary N) is 1. The van der Waals surface area contributed by atoms with Crippen LogP contribution in [0.15, 0.2) is 16.8 Å². The zero-order valence-corrected chi connectivity index (χ0v) is 12.2. The topological polar surface area (TPSA) is 101 Å². The zero-order valence-electron chi connectivity index (χ0n) is 9.74. The minimum atomic E-state index is -3.69. The third-order valence-electron chi connectivity index (χ3n) is 2.15. The highest BCUT2D eigenvalue weighted by Crippen LogP contribution is 2.15. The Bertz CT molecular complexity index is 561. The Morgan fingerprint density at radius 2 is 2.00 bits per heavy atom. The number of sulfone groups is 1. The van der Waals surface area contributed by atoms with Crippen LogP contribution >= 0.6 is 11.3 Å². The van der Waals surface area contributed by atoms with Crippen molar-refractivity contribution in [1.29, 1.82) is 0 Å². The lowest BCUT2D eigenvalue weighted by Gasteiger charge is -2.10. The van der Waals surface area contributed by atoms with Crippen molar-refractivity contribution in [3.63, 3.8) is 0 Å². The fourth-order valence-corrected chi connectivity index (χ4v) is 4.47. The van der Waals surface area contributed by atoms with E-state index in [1.807, 2.05) is 0 Å². The van der Waals surface area contributed by atoms with Gasteiger partial charge in [0.05, 0.1) is 17.6 Å². The predicted molar refractivity (Wildman–Crippen MR) is 70.8 cm³/mol. The maximum Gasteiger partial charge on any atom is 0.212 e. The first-order chi connectivity index (χ1) is 8.20. The summed E-state index contributed by atoms with van der Waals surface area (Å²) in [4.78, 5) is 0. The fraction of sp³-hybridized carbons (Fsp3) is 0.556. The van der Waals surface area contributed by atoms with E-state index >= 15 is 0 Å². The average molecular weight is 313 g/mol. The average Bonchev–Trinajstić information content (AvgIpc) is 2.76. The molecular weight excluding hydrogens is 298 g/mol. The van der Waals surface area contributed by atoms with Gasteiger partial charge >= 0.3 is 0 Å². The molecule has 0 aromatic carbocycles. The van der Waals surface area contributed by atoms with Crippen LogP contribution in [0.5, 0.6) is 0 Å². The van der Waals surface area contributed by atoms with Crippen LogP contribution in [0.3, 0.4) is 0 Å². The summed E-state index contributed by atoms with van der Waals surface area (Å²) in [6, 6.07) is 1.69. The van der Waals surface area contributed by atoms with E-state index in [1.54, 1.807) is 16.8 Å². The van der Waals surface area contributed by atoms with Crippen molar-refractivity contribution in [1.82, 2.24) is 4.72 Å². The Morgan fingerprint density at radius 3 is 2.50 bits per heavy atom. The molecule has 6 nitrogen and oxygen atoms in total. The molecule has 0 amide bonds. The number of rotatable bonds is 7. The van der Waals surface area contributed by atoms with Gasteiger partial charge in [0.2, 0.25) is 10.0 Å². The molecule has 1 rings (SSSR count). The molecule has 0 fully saturated rings. The third-order valence-corrected chi connectivity index (χ3v) is 5.40. The molecule has 0 saturated heterocycles. The molecule has 0 aliphatic rings. The van der Waals surface area contributed by atoms with Gasteiger partial charge in [-0.2, -0.15) is 11.3 Å². The number of sulfonamides is 1. The van der Waals surface area contributed by atoms with Gasteiger partial charge in [0.25, 0.3) is 0 Å². The second-order valence-electron chi connectivity index (χ2n) is 3.87. The van der Waals surface area contributed by atoms with E-state index < -0.39 is 37.5 Å². The van der Waals surface area contributed by atoms with Gasteiger partial charge in [-0.1, -0.05) is 0 Å². The van der Waals surface area contributed by atoms with Crippen molar-refractivity contribution in [3.05, 3.63) is 22.4 Å². The van der Waals surface area contributed by atoms with E-state index in [1.165, 1.54) is 11.3 Å². The van der Waals surface area contributed by atoms with Crippen LogP contribution in [0.1, 0.15) is 11.7 Å². The molecule has 1 aromatic heterocycles. The smallest absolute Gasteiger partial charge is 0.212 e. The van der Waals surface area contributed by atoms with E-state index in [-0.39, 0.29) is 6.54 Å². The van der Waals surface area contributed by atoms with E-state index in [9.17, 15) is 21.9 Å². The molecule has 18 heavy (non-hydrogen) atoms. The fourth-order valence-electron chi connectivity index (χ4n) is 1.12. The lowest BCUT2D eigenvalue weighted by molar-refractivity contribution is 0.182. The quantitative estimate of drug-likeness (QED) is 0.723. The van der Waals surface area contributed by atoms with Crippen LogP contribution < -0.4 is 4.72 Å². The molecule has 104 valence electrons. The second-order valence-corrected chi connectivity index (χ2v) is 8.84. The van der Waals surface area contributed by atoms with Crippen molar-refractivity contribution in [3.8, 4) is 0 Å². The van der Waals surface area contributed by atoms with Crippen LogP contribution in [0.2, 0.25) is 0 Å². The van der Waals surface area contributed by atoms with Crippen LogP contribution in [0, 0.1) is 0 Å². The SMILES string of the molecule is CS(=O)(=O)CCS(=O)(=O)NCC(O)c1ccsc1. The number of aliphatic hydroxyl groups excluding tert-OH is 1. The van der Waals surface area contributed by atoms with E-state index in [2.05, 4.69) is 4.72 Å². The monoisotopic (exact) mass is 313 g/mol. The number of hydrogen-bond acceptors (Lipinski definition) is 6. The molecule has 0 radical (unpaired) electrons. The van der Waals surface area contributed by atoms with Gasteiger partial charge in [-0.15, -0.1) is 0 Å². The summed E-state index contributed by atoms with van der Waals surface area (Å²) in [5, 5.41) is 13.2. The summed E-state index contributed by atoms with van der Waals surface area (Å²) in [5.74, 6) is -0.931. The van der Waals surface area contributed by atoms with Crippen LogP contribution in [-0.2, 0) is 19.9 Å². The molecule has 1 unspecified atom stereocenters. The van der Waals surface area contributed by atoms with Gasteiger partial charge in [-0.25, -0.2) is 21.6 Å². The highest BCUT2D eigenvalue weighted by molar-refractivity contribution is 7.93. The molecule has 2 N–H and O–H groups in total. The van der Waals surface area contributed by atoms with Crippen molar-refractivity contribution < 1.29 is 21.9 Å². The maximum absolute atomic E-state index is 11.5. The molecule has 0 saturated carbocycles. The van der Waals surface area contributed by atoms with Crippen LogP contribution in [0.4, 0.5) is 0 Å². The molecule has 1 atom stereocenters. The highest BCUT2D eigenvalue weighted by atomic mass is 32.2. The Kier molecular flexibility index (Phi) is 5.29. The molecule has 0 aliphatic heterocycles. The first-order valence-electron chi connectivity index (χ1n) is 5.05. The summed E-state index contributed by atoms with van der Waals surface area (Å²) in [7, 11) is -7.01. The van der Waals surface area contributed by atoms with Gasteiger partial charge < -0.3 is 5.11 Å². The molecule has 1 aromatic rings. The van der Waals surface area contributed by atoms with E-state index in [4.69, 9.17) is 0 Å². The Morgan fingerprint density at radius 1 is 1.33 bits per heavy atom. The summed E-state index contributed by atoms with van der Waals surface area (Å²) >= 11 is 1.40. The molecule has 9 heteroatoms. The van der Waals surface area contributed by atoms with E-state index in [0.29, 0.717) is 5.56 Å². The maximum atomic E-state index is 11.5. The van der Waals surface area contributed by atoms with Crippen molar-refractivity contribution in [2.45, 2.75) is 6.10 Å². The molecule has 0 bridgehead atoms. The Hall–Kier alpha value is -0.480. The first-order valence-corrected chi connectivity index (χ1v) is 9.70. The second kappa shape index (κ2) is 6.11. The molecule has 0 spiro atoms. The number of hydrogen-bond donors (Lipinski definition) is 2. The van der Waals surface area contributed by atoms with Crippen molar-refractivity contribution >= 4 is 31.2 Å². The Balaban J connectivity index is 2.47. The molecular formula is C9H15NO5S3. The summed E-state index contributed by atoms with van der Waals surface area (Å²) < 4.78 is 46.8. The minimum Gasteiger partial charge on any atom is -0.387 e. The highest BCUT2D eigenvalue weighted by Gasteiger charge is 2.16. The lowest BCUT2D eigenvalue weighted by Crippen LogP contribution is -2.32. The number of thiophene rings is 1. The standard InChI is InChI=1S/C9H15NO5S3/c1-17(12,13)4-5-18(14,15)10-6-9(11)8-2-3-16-7-8/h2-3,7,9-11H,4-6H2,1H3. The van der Waals surface area contributed by atoms with Gasteiger partial charge in [0, 0.05) is 12.8 Å². The van der Waals surface area contributed by atoms with Crippen LogP contribution in [0.25, 0.3) is 0 Å². The van der Waals surface area contributed by atoms with Gasteiger partial charge in [0.1, 0.15) is 9.84 Å². The largest absolute Gasteiger partial charge is 0.387 e. The minimum absolute atomic E-state index is 0.164. The summed E-state index contributed by atoms with van der Waals surface area (Å²) in [5.41, 5.74) is 0.630. The first kappa shape index (κ1) is 15.6. The van der Waals surface area contributed by atoms with Gasteiger partial charge in [-0.3, -0.25) is 0 Å². The van der Waals surface area contributed by atoms with E-state index in [0.717, 1.165) is 6.26 Å². The normalized spacial score (nSPS) is 14.6. The van der Waals surface area contributed by atoms with Crippen molar-refractivity contribution in [2.75, 3.05) is 24.3 Å². The third kappa shape index (κ3) is 5.91. The summed E-state index contributed by atoms with van der Waals surface area (Å²) in [6.45, 7) is -0.164. The van der Waals surface area contributed by atoms with Gasteiger partial charge in [0.15, 0.2) is 0 Å². The molecule has 1 heterocycles. The lowest BCUT2D eigenvalue weighted by atomic mass is 10.2. The van der Waals surface area contributed by atoms with Crippen LogP contribution in [-0.4, -0.2) is 46.2 Å². The Labute approximate surface area is 111 Å². The number of aliphatic hydroxyl groups is 1. The predicted octanol–water partition coefficient (Wildman–Crippen LogP) is -0.254. The van der Waals surface area contributed by atoms with Gasteiger partial charge in [-0.05, 0) is 22.4 Å². The summed E-state index contributed by atoms with van der Waals surface area (Å²) in [6.07, 6.45) is 0.0483.